The molecule has 0 N–H and O–H groups in total. The van der Waals surface area contributed by atoms with Crippen LogP contribution in [0.4, 0.5) is 22.0 Å². The van der Waals surface area contributed by atoms with Gasteiger partial charge >= 0.3 is 0 Å². The Morgan fingerprint density at radius 3 is 1.03 bits per heavy atom. The zero-order valence-corrected chi connectivity index (χ0v) is 75.6. The van der Waals surface area contributed by atoms with Crippen molar-refractivity contribution < 1.29 is 49.0 Å². The number of fused-ring (bicyclic) bond motifs is 6. The number of aromatic nitrogens is 12. The minimum atomic E-state index is -2.97. The van der Waals surface area contributed by atoms with Crippen LogP contribution in [0.25, 0.3) is 35.3 Å². The Morgan fingerprint density at radius 1 is 0.377 bits per heavy atom. The summed E-state index contributed by atoms with van der Waals surface area (Å²) in [4.78, 5) is 70.5. The Balaban J connectivity index is 0.000000126. The number of Topliss-reactive ketones (excluding diaryl/α,β-unsaturated/α-hetero) is 3. The molecule has 0 amide bonds. The molecule has 6 fully saturated rings. The van der Waals surface area contributed by atoms with Gasteiger partial charge in [-0.3, -0.25) is 29.3 Å². The van der Waals surface area contributed by atoms with Crippen LogP contribution in [-0.4, -0.2) is 157 Å². The molecule has 33 heteroatoms. The van der Waals surface area contributed by atoms with Crippen LogP contribution >= 0.6 is 46.4 Å². The van der Waals surface area contributed by atoms with Crippen molar-refractivity contribution in [3.05, 3.63) is 319 Å². The van der Waals surface area contributed by atoms with Gasteiger partial charge in [-0.25, -0.2) is 76.5 Å². The summed E-state index contributed by atoms with van der Waals surface area (Å²) in [5.41, 5.74) is 7.37. The van der Waals surface area contributed by atoms with Crippen molar-refractivity contribution in [1.82, 2.24) is 72.2 Å². The fourth-order valence-corrected chi connectivity index (χ4v) is 26.5. The van der Waals surface area contributed by atoms with Gasteiger partial charge in [0.2, 0.25) is 0 Å². The number of ketones is 3. The first-order valence-corrected chi connectivity index (χ1v) is 49.4. The van der Waals surface area contributed by atoms with Gasteiger partial charge in [-0.1, -0.05) is 63.1 Å². The van der Waals surface area contributed by atoms with Gasteiger partial charge in [-0.15, -0.1) is 0 Å². The van der Waals surface area contributed by atoms with Crippen LogP contribution in [0.15, 0.2) is 233 Å². The minimum Gasteiger partial charge on any atom is -0.291 e. The fraction of sp³-hybridized carbons (Fsp3) is 0.289. The summed E-state index contributed by atoms with van der Waals surface area (Å²) >= 11 is 24.4. The van der Waals surface area contributed by atoms with Gasteiger partial charge in [-0.05, 0) is 307 Å². The number of rotatable bonds is 22. The van der Waals surface area contributed by atoms with E-state index in [0.717, 1.165) is 94.7 Å². The number of hydrogen-bond donors (Lipinski definition) is 0. The molecule has 3 aromatic carbocycles. The fourth-order valence-electron chi connectivity index (χ4n) is 19.9. The quantitative estimate of drug-likeness (QED) is 0.0265. The second kappa shape index (κ2) is 35.0. The van der Waals surface area contributed by atoms with Crippen molar-refractivity contribution in [2.45, 2.75) is 160 Å². The number of nitrogens with zero attached hydrogens (tertiary/aromatic N) is 15. The topological polar surface area (TPSA) is 243 Å². The summed E-state index contributed by atoms with van der Waals surface area (Å²) < 4.78 is 124. The molecule has 9 aliphatic rings. The second-order valence-corrected chi connectivity index (χ2v) is 43.1. The molecule has 0 aliphatic heterocycles. The molecule has 0 radical (unpaired) electrons. The van der Waals surface area contributed by atoms with Crippen molar-refractivity contribution >= 4 is 129 Å². The van der Waals surface area contributed by atoms with E-state index in [1.165, 1.54) is 91.6 Å². The smallest absolute Gasteiger partial charge is 0.191 e. The number of hydrogen-bond acceptors (Lipinski definition) is 15. The Kier molecular flexibility index (Phi) is 23.8. The largest absolute Gasteiger partial charge is 0.291 e. The van der Waals surface area contributed by atoms with Crippen molar-refractivity contribution in [1.29, 1.82) is 0 Å². The van der Waals surface area contributed by atoms with E-state index >= 15 is 0 Å². The maximum Gasteiger partial charge on any atom is 0.191 e. The van der Waals surface area contributed by atoms with Gasteiger partial charge in [0.1, 0.15) is 61.6 Å². The standard InChI is InChI=1S/C33H30ClF2N5O2S.C32H28Cl2FN5O2S.C32H28ClF2N5O2S/c1-44(43,28-10-11-31(34)38-19-28)40(20-21-2-3-21)27-7-4-23-14-30-22(18-39-41(30)26-8-5-24(35)6-9-26)16-33(23,17-27)32(42)29-15-25(36)12-13-37-29;1-43(42,27-10-11-30(34)37-19-27)40(25-8-9-25)26-5-2-21-14-29-20(18-38-39(29)24-6-3-23(35)4-7-24)16-32(21,17-26)31(41)28-15-22(33)12-13-36-28;1-43(42,27-10-11-30(33)37-19-27)40(25-8-9-25)26-5-2-21-14-29-20(18-38-39(29)24-6-3-22(34)4-7-24)16-32(21,17-26)31(41)28-15-23(35)12-13-36-28/h5-6,8-15,18-19,21,27H,1-4,7,16-17,20H2;2*3-4,6-7,10-15,18-19,25-26H,1-2,5,8-9,16-17H2/t27-,33-,44?;2*26-,32-,43?/m000/s1. The summed E-state index contributed by atoms with van der Waals surface area (Å²) in [6.45, 7) is 0.588. The number of benzene rings is 3. The van der Waals surface area contributed by atoms with Crippen molar-refractivity contribution in [3.63, 3.8) is 0 Å². The van der Waals surface area contributed by atoms with Crippen LogP contribution < -0.4 is 0 Å². The molecule has 666 valence electrons. The molecule has 9 aliphatic carbocycles. The molecule has 0 spiro atoms. The van der Waals surface area contributed by atoms with Gasteiger partial charge in [0, 0.05) is 91.1 Å². The molecule has 9 atom stereocenters. The molecule has 3 unspecified atom stereocenters. The maximum absolute atomic E-state index is 14.6. The lowest BCUT2D eigenvalue weighted by molar-refractivity contribution is 0.0731. The third-order valence-corrected chi connectivity index (χ3v) is 34.2. The molecular weight excluding hydrogens is 1800 g/mol. The van der Waals surface area contributed by atoms with Crippen LogP contribution in [0.5, 0.6) is 0 Å². The normalized spacial score (nSPS) is 22.7. The van der Waals surface area contributed by atoms with E-state index in [1.54, 1.807) is 124 Å². The third-order valence-electron chi connectivity index (χ3n) is 26.6. The zero-order valence-electron chi connectivity index (χ0n) is 70.1. The van der Waals surface area contributed by atoms with E-state index in [2.05, 4.69) is 68.9 Å². The molecular formula is C97H86Cl4F5N15O6S3. The van der Waals surface area contributed by atoms with Gasteiger partial charge < -0.3 is 0 Å². The third kappa shape index (κ3) is 17.1. The summed E-state index contributed by atoms with van der Waals surface area (Å²) in [7, 11) is -8.84. The first kappa shape index (κ1) is 88.4. The Hall–Kier alpha value is -10.8. The van der Waals surface area contributed by atoms with E-state index in [0.29, 0.717) is 142 Å². The molecule has 9 heterocycles. The Bertz CT molecular complexity index is 6660. The highest BCUT2D eigenvalue weighted by atomic mass is 35.5. The Labute approximate surface area is 769 Å². The van der Waals surface area contributed by atoms with Crippen molar-refractivity contribution in [3.8, 4) is 17.1 Å². The first-order valence-electron chi connectivity index (χ1n) is 42.9. The average molecular weight is 1890 g/mol. The summed E-state index contributed by atoms with van der Waals surface area (Å²) in [5, 5.41) is 15.2. The van der Waals surface area contributed by atoms with Crippen LogP contribution in [-0.2, 0) is 48.4 Å². The van der Waals surface area contributed by atoms with Crippen LogP contribution in [0.1, 0.15) is 162 Å². The highest BCUT2D eigenvalue weighted by molar-refractivity contribution is 7.98. The summed E-state index contributed by atoms with van der Waals surface area (Å²) in [6, 6.07) is 35.9. The molecule has 0 bridgehead atoms. The highest BCUT2D eigenvalue weighted by Gasteiger charge is 2.57. The molecule has 21 rings (SSSR count). The zero-order chi connectivity index (χ0) is 90.5. The van der Waals surface area contributed by atoms with E-state index in [1.807, 2.05) is 25.1 Å². The molecule has 130 heavy (non-hydrogen) atoms. The average Bonchev–Trinajstić information content (AvgIpc) is 1.10. The number of carbonyl (C=O) groups excluding carboxylic acids is 3. The van der Waals surface area contributed by atoms with E-state index < -0.39 is 57.0 Å². The molecule has 9 aromatic heterocycles. The lowest BCUT2D eigenvalue weighted by atomic mass is 9.60. The molecule has 0 saturated heterocycles. The summed E-state index contributed by atoms with van der Waals surface area (Å²) in [6.07, 6.45) is 31.6. The van der Waals surface area contributed by atoms with Gasteiger partial charge in [0.25, 0.3) is 0 Å². The van der Waals surface area contributed by atoms with Gasteiger partial charge in [0.05, 0.1) is 113 Å². The second-order valence-electron chi connectivity index (χ2n) is 35.0. The first-order chi connectivity index (χ1) is 62.4. The van der Waals surface area contributed by atoms with Crippen molar-refractivity contribution in [2.75, 3.05) is 6.54 Å². The SMILES string of the molecule is C=S(=O)(c1ccc(Cl)nc1)N(C1CC1)[C@H]1CCC2=Cc3c(cnn3-c3ccc(F)cc3)C[C@]2(C(=O)c2cc(Cl)ccn2)C1.C=S(=O)(c1ccc(Cl)nc1)N(C1CC1)[C@H]1CCC2=Cc3c(cnn3-c3ccc(F)cc3)C[C@]2(C(=O)c2cc(F)ccn2)C1.C=S(=O)(c1ccc(Cl)nc1)N(CC1CC1)[C@H]1CCC2=Cc3c(cnn3-c3ccc(F)cc3)C[C@]2(C(=O)c2cc(F)ccn2)C1. The molecule has 6 saturated carbocycles. The molecule has 21 nitrogen and oxygen atoms in total. The maximum atomic E-state index is 14.6. The highest BCUT2D eigenvalue weighted by Crippen LogP contribution is 2.57. The number of halogens is 9. The van der Waals surface area contributed by atoms with Crippen molar-refractivity contribution in [2.24, 2.45) is 22.2 Å². The molecule has 12 aromatic rings. The van der Waals surface area contributed by atoms with E-state index in [4.69, 9.17) is 46.4 Å². The van der Waals surface area contributed by atoms with Gasteiger partial charge in [0.15, 0.2) is 17.3 Å². The predicted molar refractivity (Wildman–Crippen MR) is 494 cm³/mol. The number of allylic oxidation sites excluding steroid dienone is 3. The van der Waals surface area contributed by atoms with Gasteiger partial charge in [-0.2, -0.15) is 15.3 Å². The number of pyridine rings is 6. The minimum absolute atomic E-state index is 0.0520. The summed E-state index contributed by atoms with van der Waals surface area (Å²) in [5.74, 6) is 10.3. The van der Waals surface area contributed by atoms with Crippen LogP contribution in [0.2, 0.25) is 20.5 Å². The van der Waals surface area contributed by atoms with Crippen LogP contribution in [0, 0.1) is 51.2 Å². The predicted octanol–water partition coefficient (Wildman–Crippen LogP) is 19.1. The van der Waals surface area contributed by atoms with E-state index in [9.17, 15) is 49.0 Å². The lowest BCUT2D eigenvalue weighted by Crippen LogP contribution is -2.51. The lowest BCUT2D eigenvalue weighted by Gasteiger charge is -2.47. The van der Waals surface area contributed by atoms with Crippen LogP contribution in [0.3, 0.4) is 0 Å². The monoisotopic (exact) mass is 1890 g/mol. The number of carbonyl (C=O) groups is 3. The van der Waals surface area contributed by atoms with E-state index in [-0.39, 0.29) is 76.4 Å². The Morgan fingerprint density at radius 2 is 0.708 bits per heavy atom.